The summed E-state index contributed by atoms with van der Waals surface area (Å²) in [4.78, 5) is 10.9. The Hall–Kier alpha value is -2.42. The number of hydrogen-bond acceptors (Lipinski definition) is 4. The summed E-state index contributed by atoms with van der Waals surface area (Å²) >= 11 is 3.20. The van der Waals surface area contributed by atoms with Crippen LogP contribution < -0.4 is 0 Å². The van der Waals surface area contributed by atoms with Gasteiger partial charge in [-0.3, -0.25) is 0 Å². The van der Waals surface area contributed by atoms with Crippen LogP contribution in [-0.2, 0) is 0 Å². The molecule has 100 valence electrons. The van der Waals surface area contributed by atoms with Crippen molar-refractivity contribution in [3.05, 3.63) is 64.2 Å². The Bertz CT molecular complexity index is 919. The predicted molar refractivity (Wildman–Crippen MR) is 86.6 cm³/mol. The number of hydrogen-bond donors (Lipinski definition) is 0. The first kappa shape index (κ1) is 12.3. The van der Waals surface area contributed by atoms with Crippen molar-refractivity contribution in [2.45, 2.75) is 0 Å². The fourth-order valence-corrected chi connectivity index (χ4v) is 3.29. The molecule has 0 N–H and O–H groups in total. The summed E-state index contributed by atoms with van der Waals surface area (Å²) in [6.45, 7) is 0. The molecule has 0 saturated heterocycles. The van der Waals surface area contributed by atoms with Crippen molar-refractivity contribution in [2.24, 2.45) is 0 Å². The van der Waals surface area contributed by atoms with Crippen LogP contribution in [-0.4, -0.2) is 14.4 Å². The number of rotatable bonds is 1. The third-order valence-corrected chi connectivity index (χ3v) is 4.66. The van der Waals surface area contributed by atoms with Crippen molar-refractivity contribution in [2.75, 3.05) is 0 Å². The molecular formula is C16H9N3S2. The number of thiophene rings is 1. The van der Waals surface area contributed by atoms with E-state index in [1.54, 1.807) is 28.9 Å². The molecule has 0 unspecified atom stereocenters. The van der Waals surface area contributed by atoms with E-state index >= 15 is 0 Å². The van der Waals surface area contributed by atoms with Crippen LogP contribution in [0.15, 0.2) is 54.3 Å². The molecule has 0 fully saturated rings. The Morgan fingerprint density at radius 1 is 1.10 bits per heavy atom. The number of nitrogens with zero attached hydrogens (tertiary/aromatic N) is 3. The molecule has 4 aromatic heterocycles. The summed E-state index contributed by atoms with van der Waals surface area (Å²) in [7, 11) is 0. The van der Waals surface area contributed by atoms with Crippen LogP contribution in [0.1, 0.15) is 9.88 Å². The molecule has 0 amide bonds. The van der Waals surface area contributed by atoms with E-state index in [9.17, 15) is 0 Å². The molecule has 5 heteroatoms. The molecule has 0 aliphatic rings. The molecule has 4 heterocycles. The molecule has 0 radical (unpaired) electrons. The van der Waals surface area contributed by atoms with Gasteiger partial charge in [-0.15, -0.1) is 22.7 Å². The van der Waals surface area contributed by atoms with Crippen LogP contribution in [0.3, 0.4) is 0 Å². The van der Waals surface area contributed by atoms with Gasteiger partial charge in [-0.1, -0.05) is 6.07 Å². The Kier molecular flexibility index (Phi) is 3.03. The predicted octanol–water partition coefficient (Wildman–Crippen LogP) is 3.92. The fraction of sp³-hybridized carbons (Fsp3) is 0. The summed E-state index contributed by atoms with van der Waals surface area (Å²) in [6.07, 6.45) is 5.81. The largest absolute Gasteiger partial charge is 0.306 e. The molecule has 0 saturated carbocycles. The summed E-state index contributed by atoms with van der Waals surface area (Å²) in [5, 5.41) is 2.78. The van der Waals surface area contributed by atoms with Gasteiger partial charge < -0.3 is 4.40 Å². The second-order valence-electron chi connectivity index (χ2n) is 4.34. The lowest BCUT2D eigenvalue weighted by Gasteiger charge is -1.86. The molecule has 4 aromatic rings. The molecule has 0 atom stereocenters. The standard InChI is InChI=1S/C16H9N3S2/c1-2-9-19-11-13(18-15(19)3-1)14-6-4-12(21-14)5-7-16-17-8-10-20-16/h1-4,6,8-11H. The number of thiazole rings is 1. The SMILES string of the molecule is C(#Cc1nccs1)c1ccc(-c2cn3ccccc3n2)s1. The zero-order chi connectivity index (χ0) is 14.1. The van der Waals surface area contributed by atoms with Gasteiger partial charge >= 0.3 is 0 Å². The van der Waals surface area contributed by atoms with E-state index in [2.05, 4.69) is 27.9 Å². The second kappa shape index (κ2) is 5.17. The first-order chi connectivity index (χ1) is 10.4. The Morgan fingerprint density at radius 3 is 2.95 bits per heavy atom. The van der Waals surface area contributed by atoms with Crippen LogP contribution >= 0.6 is 22.7 Å². The van der Waals surface area contributed by atoms with E-state index in [1.807, 2.05) is 46.4 Å². The quantitative estimate of drug-likeness (QED) is 0.499. The maximum atomic E-state index is 4.62. The lowest BCUT2D eigenvalue weighted by Crippen LogP contribution is -1.77. The number of imidazole rings is 1. The van der Waals surface area contributed by atoms with E-state index < -0.39 is 0 Å². The number of aromatic nitrogens is 3. The maximum Gasteiger partial charge on any atom is 0.167 e. The van der Waals surface area contributed by atoms with Gasteiger partial charge in [0.25, 0.3) is 0 Å². The highest BCUT2D eigenvalue weighted by atomic mass is 32.1. The van der Waals surface area contributed by atoms with Crippen LogP contribution in [0, 0.1) is 11.8 Å². The van der Waals surface area contributed by atoms with Crippen molar-refractivity contribution in [1.29, 1.82) is 0 Å². The van der Waals surface area contributed by atoms with Crippen LogP contribution in [0.5, 0.6) is 0 Å². The Morgan fingerprint density at radius 2 is 2.10 bits per heavy atom. The number of pyridine rings is 1. The van der Waals surface area contributed by atoms with Crippen LogP contribution in [0.25, 0.3) is 16.2 Å². The Balaban J connectivity index is 1.67. The van der Waals surface area contributed by atoms with Gasteiger partial charge in [0.1, 0.15) is 5.65 Å². The lowest BCUT2D eigenvalue weighted by atomic mass is 10.3. The highest BCUT2D eigenvalue weighted by Gasteiger charge is 2.06. The van der Waals surface area contributed by atoms with Crippen molar-refractivity contribution in [1.82, 2.24) is 14.4 Å². The third kappa shape index (κ3) is 2.47. The van der Waals surface area contributed by atoms with E-state index in [0.717, 1.165) is 26.1 Å². The minimum Gasteiger partial charge on any atom is -0.306 e. The van der Waals surface area contributed by atoms with Crippen molar-refractivity contribution in [3.8, 4) is 22.4 Å². The first-order valence-corrected chi connectivity index (χ1v) is 8.03. The zero-order valence-corrected chi connectivity index (χ0v) is 12.5. The highest BCUT2D eigenvalue weighted by molar-refractivity contribution is 7.16. The van der Waals surface area contributed by atoms with Gasteiger partial charge in [-0.25, -0.2) is 9.97 Å². The smallest absolute Gasteiger partial charge is 0.167 e. The molecule has 0 aliphatic carbocycles. The van der Waals surface area contributed by atoms with Gasteiger partial charge in [0, 0.05) is 24.0 Å². The normalized spacial score (nSPS) is 10.5. The molecule has 0 bridgehead atoms. The van der Waals surface area contributed by atoms with Gasteiger partial charge in [-0.2, -0.15) is 0 Å². The summed E-state index contributed by atoms with van der Waals surface area (Å²) < 4.78 is 2.02. The molecular weight excluding hydrogens is 298 g/mol. The molecule has 0 aliphatic heterocycles. The average Bonchev–Trinajstić information content (AvgIpc) is 3.24. The first-order valence-electron chi connectivity index (χ1n) is 6.34. The highest BCUT2D eigenvalue weighted by Crippen LogP contribution is 2.27. The van der Waals surface area contributed by atoms with E-state index in [4.69, 9.17) is 0 Å². The van der Waals surface area contributed by atoms with Crippen LogP contribution in [0.4, 0.5) is 0 Å². The molecule has 21 heavy (non-hydrogen) atoms. The summed E-state index contributed by atoms with van der Waals surface area (Å²) in [6, 6.07) is 10.1. The Labute approximate surface area is 129 Å². The van der Waals surface area contributed by atoms with Gasteiger partial charge in [-0.05, 0) is 36.1 Å². The topological polar surface area (TPSA) is 30.2 Å². The van der Waals surface area contributed by atoms with Gasteiger partial charge in [0.2, 0.25) is 0 Å². The third-order valence-electron chi connectivity index (χ3n) is 2.95. The fourth-order valence-electron chi connectivity index (χ4n) is 2.00. The molecule has 3 nitrogen and oxygen atoms in total. The van der Waals surface area contributed by atoms with Crippen molar-refractivity contribution < 1.29 is 0 Å². The zero-order valence-electron chi connectivity index (χ0n) is 10.9. The lowest BCUT2D eigenvalue weighted by molar-refractivity contribution is 1.19. The average molecular weight is 307 g/mol. The van der Waals surface area contributed by atoms with Crippen LogP contribution in [0.2, 0.25) is 0 Å². The minimum absolute atomic E-state index is 0.845. The van der Waals surface area contributed by atoms with Gasteiger partial charge in [0.15, 0.2) is 5.01 Å². The number of fused-ring (bicyclic) bond motifs is 1. The summed E-state index contributed by atoms with van der Waals surface area (Å²) in [5.74, 6) is 6.23. The van der Waals surface area contributed by atoms with E-state index in [1.165, 1.54) is 0 Å². The van der Waals surface area contributed by atoms with Gasteiger partial charge in [0.05, 0.1) is 15.4 Å². The molecule has 0 aromatic carbocycles. The van der Waals surface area contributed by atoms with Crippen molar-refractivity contribution in [3.63, 3.8) is 0 Å². The molecule has 4 rings (SSSR count). The second-order valence-corrected chi connectivity index (χ2v) is 6.32. The molecule has 0 spiro atoms. The monoisotopic (exact) mass is 307 g/mol. The summed E-state index contributed by atoms with van der Waals surface area (Å²) in [5.41, 5.74) is 1.94. The van der Waals surface area contributed by atoms with Crippen molar-refractivity contribution >= 4 is 28.3 Å². The maximum absolute atomic E-state index is 4.62. The minimum atomic E-state index is 0.845. The van der Waals surface area contributed by atoms with E-state index in [0.29, 0.717) is 0 Å². The van der Waals surface area contributed by atoms with E-state index in [-0.39, 0.29) is 0 Å².